The van der Waals surface area contributed by atoms with Crippen LogP contribution in [0.25, 0.3) is 0 Å². The van der Waals surface area contributed by atoms with Crippen LogP contribution in [-0.2, 0) is 9.59 Å². The van der Waals surface area contributed by atoms with Gasteiger partial charge in [0.15, 0.2) is 0 Å². The molecule has 0 aromatic rings. The Morgan fingerprint density at radius 1 is 1.05 bits per heavy atom. The van der Waals surface area contributed by atoms with E-state index in [4.69, 9.17) is 5.73 Å². The average Bonchev–Trinajstić information content (AvgIpc) is 3.07. The van der Waals surface area contributed by atoms with Crippen LogP contribution in [0.5, 0.6) is 0 Å². The lowest BCUT2D eigenvalue weighted by Crippen LogP contribution is -2.47. The molecule has 2 amide bonds. The Bertz CT molecular complexity index is 391. The molecule has 2 bridgehead atoms. The lowest BCUT2D eigenvalue weighted by atomic mass is 9.79. The van der Waals surface area contributed by atoms with E-state index in [0.717, 1.165) is 24.2 Å². The summed E-state index contributed by atoms with van der Waals surface area (Å²) in [6.07, 6.45) is 6.56. The quantitative estimate of drug-likeness (QED) is 0.704. The fourth-order valence-electron chi connectivity index (χ4n) is 4.74. The largest absolute Gasteiger partial charge is 0.352 e. The Morgan fingerprint density at radius 3 is 2.55 bits per heavy atom. The molecular weight excluding hydrogens is 278 g/mol. The Labute approximate surface area is 125 Å². The topological polar surface area (TPSA) is 84.2 Å². The summed E-state index contributed by atoms with van der Waals surface area (Å²) in [7, 11) is 0. The number of hydrogen-bond acceptors (Lipinski definition) is 3. The molecule has 5 unspecified atom stereocenters. The third-order valence-corrected chi connectivity index (χ3v) is 5.41. The standard InChI is InChI=1S/C14H23N3O2.ClH/c15-6-13(18)16-7-14(19)17-12-5-8-4-11(12)10-3-1-2-9(8)10;/h8-12H,1-7,15H2,(H,16,18)(H,17,19);1H. The van der Waals surface area contributed by atoms with Crippen LogP contribution in [0.15, 0.2) is 0 Å². The number of fused-ring (bicyclic) bond motifs is 5. The highest BCUT2D eigenvalue weighted by molar-refractivity contribution is 5.85. The van der Waals surface area contributed by atoms with Gasteiger partial charge in [-0.2, -0.15) is 0 Å². The Kier molecular flexibility index (Phi) is 4.91. The van der Waals surface area contributed by atoms with Gasteiger partial charge in [-0.1, -0.05) is 6.42 Å². The zero-order valence-corrected chi connectivity index (χ0v) is 12.5. The number of rotatable bonds is 4. The normalized spacial score (nSPS) is 37.1. The van der Waals surface area contributed by atoms with Gasteiger partial charge in [0, 0.05) is 6.04 Å². The molecule has 6 heteroatoms. The van der Waals surface area contributed by atoms with Crippen molar-refractivity contribution < 1.29 is 9.59 Å². The van der Waals surface area contributed by atoms with Gasteiger partial charge in [0.25, 0.3) is 0 Å². The molecule has 3 aliphatic rings. The maximum atomic E-state index is 11.8. The summed E-state index contributed by atoms with van der Waals surface area (Å²) in [4.78, 5) is 22.8. The fraction of sp³-hybridized carbons (Fsp3) is 0.857. The number of carbonyl (C=O) groups is 2. The second-order valence-corrected chi connectivity index (χ2v) is 6.31. The van der Waals surface area contributed by atoms with Crippen molar-refractivity contribution in [3.63, 3.8) is 0 Å². The summed E-state index contributed by atoms with van der Waals surface area (Å²) < 4.78 is 0. The minimum atomic E-state index is -0.279. The zero-order chi connectivity index (χ0) is 13.4. The Morgan fingerprint density at radius 2 is 1.80 bits per heavy atom. The molecule has 0 aromatic heterocycles. The van der Waals surface area contributed by atoms with E-state index >= 15 is 0 Å². The Balaban J connectivity index is 0.00000147. The molecule has 3 saturated carbocycles. The van der Waals surface area contributed by atoms with Gasteiger partial charge >= 0.3 is 0 Å². The molecule has 5 nitrogen and oxygen atoms in total. The average molecular weight is 302 g/mol. The van der Waals surface area contributed by atoms with Crippen LogP contribution in [0.4, 0.5) is 0 Å². The van der Waals surface area contributed by atoms with Crippen molar-refractivity contribution in [1.29, 1.82) is 0 Å². The molecule has 114 valence electrons. The molecule has 0 aliphatic heterocycles. The van der Waals surface area contributed by atoms with Crippen molar-refractivity contribution in [2.24, 2.45) is 29.4 Å². The lowest BCUT2D eigenvalue weighted by molar-refractivity contribution is -0.126. The van der Waals surface area contributed by atoms with Gasteiger partial charge in [0.1, 0.15) is 0 Å². The van der Waals surface area contributed by atoms with Crippen LogP contribution >= 0.6 is 12.4 Å². The summed E-state index contributed by atoms with van der Waals surface area (Å²) in [5.74, 6) is 2.96. The summed E-state index contributed by atoms with van der Waals surface area (Å²) in [6, 6.07) is 0.339. The van der Waals surface area contributed by atoms with Crippen molar-refractivity contribution in [2.45, 2.75) is 38.1 Å². The monoisotopic (exact) mass is 301 g/mol. The number of halogens is 1. The van der Waals surface area contributed by atoms with E-state index in [-0.39, 0.29) is 37.3 Å². The SMILES string of the molecule is Cl.NCC(=O)NCC(=O)NC1CC2CC1C1CCCC21. The van der Waals surface area contributed by atoms with Crippen LogP contribution in [-0.4, -0.2) is 30.9 Å². The summed E-state index contributed by atoms with van der Waals surface area (Å²) >= 11 is 0. The fourth-order valence-corrected chi connectivity index (χ4v) is 4.74. The van der Waals surface area contributed by atoms with E-state index in [9.17, 15) is 9.59 Å². The number of carbonyl (C=O) groups excluding carboxylic acids is 2. The minimum Gasteiger partial charge on any atom is -0.352 e. The van der Waals surface area contributed by atoms with Crippen LogP contribution in [0, 0.1) is 23.7 Å². The second-order valence-electron chi connectivity index (χ2n) is 6.31. The first-order valence-corrected chi connectivity index (χ1v) is 7.45. The minimum absolute atomic E-state index is 0. The third kappa shape index (κ3) is 2.79. The van der Waals surface area contributed by atoms with Crippen molar-refractivity contribution >= 4 is 24.2 Å². The van der Waals surface area contributed by atoms with E-state index in [1.54, 1.807) is 0 Å². The molecule has 3 aliphatic carbocycles. The molecule has 4 N–H and O–H groups in total. The van der Waals surface area contributed by atoms with Crippen LogP contribution < -0.4 is 16.4 Å². The number of nitrogens with two attached hydrogens (primary N) is 1. The van der Waals surface area contributed by atoms with Gasteiger partial charge in [0.2, 0.25) is 11.8 Å². The molecule has 0 radical (unpaired) electrons. The molecular formula is C14H24ClN3O2. The molecule has 0 spiro atoms. The first kappa shape index (κ1) is 15.6. The molecule has 0 saturated heterocycles. The highest BCUT2D eigenvalue weighted by atomic mass is 35.5. The number of hydrogen-bond donors (Lipinski definition) is 3. The van der Waals surface area contributed by atoms with E-state index in [2.05, 4.69) is 10.6 Å². The number of amides is 2. The van der Waals surface area contributed by atoms with E-state index in [1.165, 1.54) is 25.7 Å². The van der Waals surface area contributed by atoms with Crippen LogP contribution in [0.2, 0.25) is 0 Å². The van der Waals surface area contributed by atoms with Gasteiger partial charge in [-0.05, 0) is 49.4 Å². The third-order valence-electron chi connectivity index (χ3n) is 5.41. The first-order chi connectivity index (χ1) is 9.19. The molecule has 5 atom stereocenters. The Hall–Kier alpha value is -0.810. The molecule has 0 heterocycles. The zero-order valence-electron chi connectivity index (χ0n) is 11.6. The van der Waals surface area contributed by atoms with Crippen molar-refractivity contribution in [2.75, 3.05) is 13.1 Å². The highest BCUT2D eigenvalue weighted by Crippen LogP contribution is 2.58. The number of nitrogens with one attached hydrogen (secondary N) is 2. The van der Waals surface area contributed by atoms with Crippen molar-refractivity contribution in [3.8, 4) is 0 Å². The summed E-state index contributed by atoms with van der Waals surface area (Å²) in [5, 5.41) is 5.63. The first-order valence-electron chi connectivity index (χ1n) is 7.45. The van der Waals surface area contributed by atoms with Crippen LogP contribution in [0.3, 0.4) is 0 Å². The van der Waals surface area contributed by atoms with Gasteiger partial charge in [0.05, 0.1) is 13.1 Å². The van der Waals surface area contributed by atoms with Gasteiger partial charge in [-0.25, -0.2) is 0 Å². The molecule has 0 aromatic carbocycles. The molecule has 3 fully saturated rings. The predicted octanol–water partition coefficient (Wildman–Crippen LogP) is 0.424. The van der Waals surface area contributed by atoms with Gasteiger partial charge in [-0.15, -0.1) is 12.4 Å². The maximum Gasteiger partial charge on any atom is 0.239 e. The summed E-state index contributed by atoms with van der Waals surface area (Å²) in [5.41, 5.74) is 5.19. The summed E-state index contributed by atoms with van der Waals surface area (Å²) in [6.45, 7) is -0.0107. The van der Waals surface area contributed by atoms with Crippen molar-refractivity contribution in [3.05, 3.63) is 0 Å². The molecule has 20 heavy (non-hydrogen) atoms. The lowest BCUT2D eigenvalue weighted by Gasteiger charge is -2.32. The maximum absolute atomic E-state index is 11.8. The van der Waals surface area contributed by atoms with E-state index < -0.39 is 0 Å². The van der Waals surface area contributed by atoms with Gasteiger partial charge < -0.3 is 16.4 Å². The highest BCUT2D eigenvalue weighted by Gasteiger charge is 2.53. The second kappa shape index (κ2) is 6.31. The van der Waals surface area contributed by atoms with Gasteiger partial charge in [-0.3, -0.25) is 9.59 Å². The van der Waals surface area contributed by atoms with Crippen LogP contribution in [0.1, 0.15) is 32.1 Å². The predicted molar refractivity (Wildman–Crippen MR) is 78.3 cm³/mol. The van der Waals surface area contributed by atoms with E-state index in [1.807, 2.05) is 0 Å². The molecule has 3 rings (SSSR count). The van der Waals surface area contributed by atoms with E-state index in [0.29, 0.717) is 12.0 Å². The smallest absolute Gasteiger partial charge is 0.239 e. The van der Waals surface area contributed by atoms with Crippen molar-refractivity contribution in [1.82, 2.24) is 10.6 Å².